The molecular formula is C14H17NO4S. The highest BCUT2D eigenvalue weighted by Gasteiger charge is 2.29. The van der Waals surface area contributed by atoms with Gasteiger partial charge in [-0.1, -0.05) is 17.9 Å². The Labute approximate surface area is 119 Å². The predicted molar refractivity (Wildman–Crippen MR) is 74.5 cm³/mol. The fourth-order valence-corrected chi connectivity index (χ4v) is 3.42. The molecule has 1 aromatic rings. The highest BCUT2D eigenvalue weighted by molar-refractivity contribution is 7.89. The molecule has 2 unspecified atom stereocenters. The first-order valence-corrected chi connectivity index (χ1v) is 7.85. The van der Waals surface area contributed by atoms with Gasteiger partial charge in [-0.3, -0.25) is 0 Å². The Morgan fingerprint density at radius 2 is 2.30 bits per heavy atom. The number of aliphatic hydroxyl groups excluding tert-OH is 1. The lowest BCUT2D eigenvalue weighted by Crippen LogP contribution is -2.39. The van der Waals surface area contributed by atoms with Crippen molar-refractivity contribution in [1.29, 1.82) is 0 Å². The van der Waals surface area contributed by atoms with Crippen LogP contribution in [0.2, 0.25) is 0 Å². The van der Waals surface area contributed by atoms with Gasteiger partial charge in [-0.05, 0) is 31.5 Å². The molecule has 2 rings (SSSR count). The molecule has 1 aliphatic rings. The van der Waals surface area contributed by atoms with Gasteiger partial charge in [-0.2, -0.15) is 0 Å². The Balaban J connectivity index is 2.20. The molecule has 1 aromatic carbocycles. The first kappa shape index (κ1) is 15.0. The summed E-state index contributed by atoms with van der Waals surface area (Å²) in [5.41, 5.74) is 0.553. The highest BCUT2D eigenvalue weighted by atomic mass is 32.2. The Morgan fingerprint density at radius 3 is 2.95 bits per heavy atom. The Hall–Kier alpha value is -1.39. The summed E-state index contributed by atoms with van der Waals surface area (Å²) >= 11 is 0. The minimum absolute atomic E-state index is 0.123. The first-order valence-electron chi connectivity index (χ1n) is 6.36. The molecule has 6 heteroatoms. The second-order valence-electron chi connectivity index (χ2n) is 4.58. The van der Waals surface area contributed by atoms with E-state index in [1.54, 1.807) is 12.1 Å². The number of rotatable bonds is 3. The lowest BCUT2D eigenvalue weighted by atomic mass is 10.2. The average molecular weight is 295 g/mol. The smallest absolute Gasteiger partial charge is 0.240 e. The van der Waals surface area contributed by atoms with E-state index in [9.17, 15) is 8.42 Å². The molecule has 2 atom stereocenters. The molecule has 108 valence electrons. The number of hydrogen-bond donors (Lipinski definition) is 2. The summed E-state index contributed by atoms with van der Waals surface area (Å²) in [4.78, 5) is 0.168. The maximum absolute atomic E-state index is 12.3. The summed E-state index contributed by atoms with van der Waals surface area (Å²) in [6.07, 6.45) is 0.548. The summed E-state index contributed by atoms with van der Waals surface area (Å²) in [7, 11) is -3.58. The fourth-order valence-electron chi connectivity index (χ4n) is 2.04. The molecule has 0 amide bonds. The summed E-state index contributed by atoms with van der Waals surface area (Å²) in [5.74, 6) is 5.19. The van der Waals surface area contributed by atoms with E-state index in [2.05, 4.69) is 16.6 Å². The molecular weight excluding hydrogens is 278 g/mol. The van der Waals surface area contributed by atoms with E-state index in [1.165, 1.54) is 12.1 Å². The molecule has 5 nitrogen and oxygen atoms in total. The van der Waals surface area contributed by atoms with Gasteiger partial charge in [0.15, 0.2) is 0 Å². The predicted octanol–water partition coefficient (Wildman–Crippen LogP) is 0.486. The second-order valence-corrected chi connectivity index (χ2v) is 6.29. The number of benzene rings is 1. The van der Waals surface area contributed by atoms with Crippen LogP contribution in [-0.2, 0) is 14.8 Å². The van der Waals surface area contributed by atoms with Crippen molar-refractivity contribution >= 4 is 10.0 Å². The van der Waals surface area contributed by atoms with Gasteiger partial charge in [0.1, 0.15) is 6.61 Å². The third-order valence-electron chi connectivity index (χ3n) is 3.14. The summed E-state index contributed by atoms with van der Waals surface area (Å²) < 4.78 is 32.6. The van der Waals surface area contributed by atoms with E-state index in [-0.39, 0.29) is 23.6 Å². The molecule has 20 heavy (non-hydrogen) atoms. The monoisotopic (exact) mass is 295 g/mol. The lowest BCUT2D eigenvalue weighted by molar-refractivity contribution is 0.117. The number of sulfonamides is 1. The zero-order valence-electron chi connectivity index (χ0n) is 11.2. The Kier molecular flexibility index (Phi) is 4.78. The number of nitrogens with one attached hydrogen (secondary N) is 1. The van der Waals surface area contributed by atoms with Crippen molar-refractivity contribution in [3.05, 3.63) is 29.8 Å². The van der Waals surface area contributed by atoms with Crippen LogP contribution in [0.25, 0.3) is 0 Å². The summed E-state index contributed by atoms with van der Waals surface area (Å²) in [6, 6.07) is 6.14. The van der Waals surface area contributed by atoms with E-state index in [1.807, 2.05) is 6.92 Å². The number of aliphatic hydroxyl groups is 1. The van der Waals surface area contributed by atoms with Gasteiger partial charge in [-0.25, -0.2) is 13.1 Å². The normalized spacial score (nSPS) is 22.3. The van der Waals surface area contributed by atoms with Crippen LogP contribution >= 0.6 is 0 Å². The van der Waals surface area contributed by atoms with Crippen molar-refractivity contribution < 1.29 is 18.3 Å². The van der Waals surface area contributed by atoms with Crippen LogP contribution in [0.5, 0.6) is 0 Å². The Bertz CT molecular complexity index is 630. The van der Waals surface area contributed by atoms with Crippen molar-refractivity contribution in [1.82, 2.24) is 4.72 Å². The average Bonchev–Trinajstić information content (AvgIpc) is 2.82. The van der Waals surface area contributed by atoms with Gasteiger partial charge in [0.2, 0.25) is 10.0 Å². The Morgan fingerprint density at radius 1 is 1.50 bits per heavy atom. The summed E-state index contributed by atoms with van der Waals surface area (Å²) in [5, 5.41) is 8.66. The van der Waals surface area contributed by atoms with Crippen molar-refractivity contribution in [2.75, 3.05) is 13.2 Å². The van der Waals surface area contributed by atoms with Crippen molar-refractivity contribution in [3.63, 3.8) is 0 Å². The van der Waals surface area contributed by atoms with E-state index < -0.39 is 10.0 Å². The molecule has 0 bridgehead atoms. The lowest BCUT2D eigenvalue weighted by Gasteiger charge is -2.16. The van der Waals surface area contributed by atoms with Gasteiger partial charge in [0, 0.05) is 12.2 Å². The van der Waals surface area contributed by atoms with Crippen molar-refractivity contribution in [2.24, 2.45) is 0 Å². The van der Waals surface area contributed by atoms with Gasteiger partial charge in [0.05, 0.1) is 17.0 Å². The minimum atomic E-state index is -3.58. The molecule has 1 aliphatic heterocycles. The second kappa shape index (κ2) is 6.37. The van der Waals surface area contributed by atoms with Gasteiger partial charge in [0.25, 0.3) is 0 Å². The third kappa shape index (κ3) is 3.58. The van der Waals surface area contributed by atoms with Gasteiger partial charge < -0.3 is 9.84 Å². The van der Waals surface area contributed by atoms with E-state index in [0.29, 0.717) is 18.6 Å². The molecule has 1 saturated heterocycles. The van der Waals surface area contributed by atoms with Crippen LogP contribution in [0.15, 0.2) is 29.2 Å². The molecule has 0 saturated carbocycles. The topological polar surface area (TPSA) is 75.6 Å². The van der Waals surface area contributed by atoms with Crippen LogP contribution in [0.3, 0.4) is 0 Å². The molecule has 1 fully saturated rings. The molecule has 1 heterocycles. The highest BCUT2D eigenvalue weighted by Crippen LogP contribution is 2.17. The maximum atomic E-state index is 12.3. The van der Waals surface area contributed by atoms with E-state index in [4.69, 9.17) is 9.84 Å². The zero-order valence-corrected chi connectivity index (χ0v) is 12.0. The number of hydrogen-bond acceptors (Lipinski definition) is 4. The largest absolute Gasteiger partial charge is 0.384 e. The molecule has 0 aliphatic carbocycles. The standard InChI is InChI=1S/C14H17NO4S/c1-11-14(7-9-19-11)15-20(17,18)13-6-2-4-12(10-13)5-3-8-16/h2,4,6,10-11,14-16H,7-9H2,1H3. The molecule has 0 spiro atoms. The van der Waals surface area contributed by atoms with Gasteiger partial charge >= 0.3 is 0 Å². The third-order valence-corrected chi connectivity index (χ3v) is 4.63. The molecule has 2 N–H and O–H groups in total. The van der Waals surface area contributed by atoms with Crippen LogP contribution in [0.1, 0.15) is 18.9 Å². The molecule has 0 radical (unpaired) electrons. The van der Waals surface area contributed by atoms with E-state index >= 15 is 0 Å². The minimum Gasteiger partial charge on any atom is -0.384 e. The van der Waals surface area contributed by atoms with Crippen molar-refractivity contribution in [3.8, 4) is 11.8 Å². The van der Waals surface area contributed by atoms with Gasteiger partial charge in [-0.15, -0.1) is 0 Å². The van der Waals surface area contributed by atoms with Crippen LogP contribution in [-0.4, -0.2) is 38.9 Å². The SMILES string of the molecule is CC1OCCC1NS(=O)(=O)c1cccc(C#CCO)c1. The molecule has 0 aromatic heterocycles. The van der Waals surface area contributed by atoms with Crippen LogP contribution in [0, 0.1) is 11.8 Å². The van der Waals surface area contributed by atoms with E-state index in [0.717, 1.165) is 0 Å². The summed E-state index contributed by atoms with van der Waals surface area (Å²) in [6.45, 7) is 2.16. The quantitative estimate of drug-likeness (QED) is 0.796. The maximum Gasteiger partial charge on any atom is 0.240 e. The fraction of sp³-hybridized carbons (Fsp3) is 0.429. The van der Waals surface area contributed by atoms with Crippen molar-refractivity contribution in [2.45, 2.75) is 30.4 Å². The van der Waals surface area contributed by atoms with Crippen LogP contribution < -0.4 is 4.72 Å². The first-order chi connectivity index (χ1) is 9.53. The van der Waals surface area contributed by atoms with Crippen LogP contribution in [0.4, 0.5) is 0 Å². The number of ether oxygens (including phenoxy) is 1. The zero-order chi connectivity index (χ0) is 14.6.